The number of rotatable bonds is 7. The molecule has 7 nitrogen and oxygen atoms in total. The van der Waals surface area contributed by atoms with Gasteiger partial charge in [-0.25, -0.2) is 4.68 Å². The van der Waals surface area contributed by atoms with Gasteiger partial charge in [-0.2, -0.15) is 0 Å². The molecule has 2 aromatic rings. The molecule has 0 bridgehead atoms. The highest BCUT2D eigenvalue weighted by Crippen LogP contribution is 2.39. The zero-order chi connectivity index (χ0) is 17.1. The summed E-state index contributed by atoms with van der Waals surface area (Å²) in [6, 6.07) is 7.68. The summed E-state index contributed by atoms with van der Waals surface area (Å²) in [4.78, 5) is 14.0. The summed E-state index contributed by atoms with van der Waals surface area (Å²) >= 11 is 1.31. The maximum atomic E-state index is 12.4. The standard InChI is InChI=1S/C16H21N5O2S/c1-20(9-12-5-3-4-6-13(12)23-2)14(22)10-24-16-19-18-15(21(16)17)11-7-8-11/h3-6,11H,7-10,17H2,1-2H3. The van der Waals surface area contributed by atoms with E-state index < -0.39 is 0 Å². The molecule has 1 aromatic carbocycles. The Morgan fingerprint density at radius 3 is 2.88 bits per heavy atom. The van der Waals surface area contributed by atoms with Gasteiger partial charge in [-0.3, -0.25) is 4.79 Å². The van der Waals surface area contributed by atoms with E-state index in [-0.39, 0.29) is 11.7 Å². The summed E-state index contributed by atoms with van der Waals surface area (Å²) in [6.07, 6.45) is 2.22. The number of benzene rings is 1. The largest absolute Gasteiger partial charge is 0.496 e. The summed E-state index contributed by atoms with van der Waals surface area (Å²) in [5.74, 6) is 8.29. The highest BCUT2D eigenvalue weighted by atomic mass is 32.2. The smallest absolute Gasteiger partial charge is 0.233 e. The number of nitrogens with two attached hydrogens (primary N) is 1. The summed E-state index contributed by atoms with van der Waals surface area (Å²) in [5.41, 5.74) is 0.971. The molecule has 1 saturated carbocycles. The second kappa shape index (κ2) is 7.12. The van der Waals surface area contributed by atoms with Gasteiger partial charge in [0.2, 0.25) is 11.1 Å². The van der Waals surface area contributed by atoms with Crippen molar-refractivity contribution in [2.45, 2.75) is 30.5 Å². The van der Waals surface area contributed by atoms with Gasteiger partial charge in [0.25, 0.3) is 0 Å². The van der Waals surface area contributed by atoms with Gasteiger partial charge in [-0.15, -0.1) is 10.2 Å². The molecule has 0 atom stereocenters. The Hall–Kier alpha value is -2.22. The fourth-order valence-electron chi connectivity index (χ4n) is 2.42. The number of nitrogen functional groups attached to an aromatic ring is 1. The summed E-state index contributed by atoms with van der Waals surface area (Å²) < 4.78 is 6.83. The topological polar surface area (TPSA) is 86.3 Å². The fraction of sp³-hybridized carbons (Fsp3) is 0.438. The minimum atomic E-state index is 0.00174. The molecular weight excluding hydrogens is 326 g/mol. The number of thioether (sulfide) groups is 1. The van der Waals surface area contributed by atoms with Gasteiger partial charge >= 0.3 is 0 Å². The Bertz CT molecular complexity index is 729. The van der Waals surface area contributed by atoms with Gasteiger partial charge < -0.3 is 15.5 Å². The van der Waals surface area contributed by atoms with Crippen LogP contribution in [0.15, 0.2) is 29.4 Å². The second-order valence-electron chi connectivity index (χ2n) is 5.84. The number of methoxy groups -OCH3 is 1. The van der Waals surface area contributed by atoms with Crippen molar-refractivity contribution < 1.29 is 9.53 Å². The van der Waals surface area contributed by atoms with E-state index in [1.165, 1.54) is 16.4 Å². The fourth-order valence-corrected chi connectivity index (χ4v) is 3.22. The molecule has 0 unspecified atom stereocenters. The third kappa shape index (κ3) is 3.64. The van der Waals surface area contributed by atoms with E-state index in [2.05, 4.69) is 10.2 Å². The van der Waals surface area contributed by atoms with Crippen LogP contribution in [0.3, 0.4) is 0 Å². The zero-order valence-corrected chi connectivity index (χ0v) is 14.6. The normalized spacial score (nSPS) is 13.8. The van der Waals surface area contributed by atoms with Crippen LogP contribution in [-0.2, 0) is 11.3 Å². The van der Waals surface area contributed by atoms with Gasteiger partial charge in [-0.1, -0.05) is 30.0 Å². The summed E-state index contributed by atoms with van der Waals surface area (Å²) in [7, 11) is 3.40. The van der Waals surface area contributed by atoms with Crippen molar-refractivity contribution in [2.24, 2.45) is 0 Å². The molecule has 1 heterocycles. The van der Waals surface area contributed by atoms with Crippen molar-refractivity contribution in [3.8, 4) is 5.75 Å². The maximum absolute atomic E-state index is 12.4. The predicted molar refractivity (Wildman–Crippen MR) is 92.3 cm³/mol. The lowest BCUT2D eigenvalue weighted by Crippen LogP contribution is -2.28. The molecule has 1 aliphatic rings. The molecular formula is C16H21N5O2S. The van der Waals surface area contributed by atoms with Crippen LogP contribution in [0.1, 0.15) is 30.1 Å². The highest BCUT2D eigenvalue weighted by Gasteiger charge is 2.30. The molecule has 3 rings (SSSR count). The number of para-hydroxylation sites is 1. The number of aromatic nitrogens is 3. The molecule has 1 amide bonds. The Labute approximate surface area is 145 Å². The number of hydrogen-bond acceptors (Lipinski definition) is 6. The molecule has 0 radical (unpaired) electrons. The molecule has 128 valence electrons. The molecule has 0 saturated heterocycles. The van der Waals surface area contributed by atoms with Crippen LogP contribution < -0.4 is 10.6 Å². The third-order valence-electron chi connectivity index (χ3n) is 3.98. The van der Waals surface area contributed by atoms with Crippen LogP contribution in [0.25, 0.3) is 0 Å². The highest BCUT2D eigenvalue weighted by molar-refractivity contribution is 7.99. The lowest BCUT2D eigenvalue weighted by atomic mass is 10.2. The van der Waals surface area contributed by atoms with Crippen molar-refractivity contribution in [1.82, 2.24) is 19.8 Å². The summed E-state index contributed by atoms with van der Waals surface area (Å²) in [6.45, 7) is 0.492. The van der Waals surface area contributed by atoms with Crippen LogP contribution in [0.5, 0.6) is 5.75 Å². The zero-order valence-electron chi connectivity index (χ0n) is 13.8. The average Bonchev–Trinajstić information content (AvgIpc) is 3.36. The number of hydrogen-bond donors (Lipinski definition) is 1. The van der Waals surface area contributed by atoms with Gasteiger partial charge in [0.05, 0.1) is 12.9 Å². The second-order valence-corrected chi connectivity index (χ2v) is 6.78. The van der Waals surface area contributed by atoms with Crippen molar-refractivity contribution in [3.63, 3.8) is 0 Å². The van der Waals surface area contributed by atoms with Crippen LogP contribution in [0.4, 0.5) is 0 Å². The lowest BCUT2D eigenvalue weighted by molar-refractivity contribution is -0.127. The van der Waals surface area contributed by atoms with Gasteiger partial charge in [0, 0.05) is 25.1 Å². The monoisotopic (exact) mass is 347 g/mol. The quantitative estimate of drug-likeness (QED) is 0.605. The first-order valence-electron chi connectivity index (χ1n) is 7.79. The van der Waals surface area contributed by atoms with Crippen molar-refractivity contribution in [2.75, 3.05) is 25.8 Å². The Balaban J connectivity index is 1.56. The van der Waals surface area contributed by atoms with Crippen LogP contribution in [0, 0.1) is 0 Å². The Morgan fingerprint density at radius 2 is 2.17 bits per heavy atom. The van der Waals surface area contributed by atoms with Crippen LogP contribution in [0.2, 0.25) is 0 Å². The lowest BCUT2D eigenvalue weighted by Gasteiger charge is -2.18. The van der Waals surface area contributed by atoms with Gasteiger partial charge in [-0.05, 0) is 18.9 Å². The van der Waals surface area contributed by atoms with E-state index in [0.717, 1.165) is 30.0 Å². The SMILES string of the molecule is COc1ccccc1CN(C)C(=O)CSc1nnc(C2CC2)n1N. The minimum Gasteiger partial charge on any atom is -0.496 e. The van der Waals surface area contributed by atoms with E-state index in [1.54, 1.807) is 19.1 Å². The van der Waals surface area contributed by atoms with E-state index in [1.807, 2.05) is 24.3 Å². The Kier molecular flexibility index (Phi) is 4.94. The molecule has 0 aliphatic heterocycles. The number of ether oxygens (including phenoxy) is 1. The van der Waals surface area contributed by atoms with Crippen molar-refractivity contribution in [3.05, 3.63) is 35.7 Å². The third-order valence-corrected chi connectivity index (χ3v) is 4.91. The van der Waals surface area contributed by atoms with E-state index in [9.17, 15) is 4.79 Å². The number of nitrogens with zero attached hydrogens (tertiary/aromatic N) is 4. The van der Waals surface area contributed by atoms with Crippen LogP contribution in [-0.4, -0.2) is 45.6 Å². The Morgan fingerprint density at radius 1 is 1.42 bits per heavy atom. The number of carbonyl (C=O) groups is 1. The van der Waals surface area contributed by atoms with Gasteiger partial charge in [0.1, 0.15) is 5.75 Å². The number of amides is 1. The summed E-state index contributed by atoms with van der Waals surface area (Å²) in [5, 5.41) is 8.78. The van der Waals surface area contributed by atoms with E-state index in [0.29, 0.717) is 17.6 Å². The molecule has 1 fully saturated rings. The van der Waals surface area contributed by atoms with Crippen molar-refractivity contribution in [1.29, 1.82) is 0 Å². The van der Waals surface area contributed by atoms with E-state index in [4.69, 9.17) is 10.6 Å². The number of carbonyl (C=O) groups excluding carboxylic acids is 1. The molecule has 0 spiro atoms. The predicted octanol–water partition coefficient (Wildman–Crippen LogP) is 1.63. The minimum absolute atomic E-state index is 0.00174. The van der Waals surface area contributed by atoms with Crippen molar-refractivity contribution >= 4 is 17.7 Å². The average molecular weight is 347 g/mol. The molecule has 1 aliphatic carbocycles. The van der Waals surface area contributed by atoms with E-state index >= 15 is 0 Å². The first kappa shape index (κ1) is 16.6. The molecule has 8 heteroatoms. The first-order valence-corrected chi connectivity index (χ1v) is 8.77. The first-order chi connectivity index (χ1) is 11.6. The molecule has 1 aromatic heterocycles. The van der Waals surface area contributed by atoms with Gasteiger partial charge in [0.15, 0.2) is 5.82 Å². The van der Waals surface area contributed by atoms with Crippen LogP contribution >= 0.6 is 11.8 Å². The molecule has 2 N–H and O–H groups in total. The molecule has 24 heavy (non-hydrogen) atoms. The maximum Gasteiger partial charge on any atom is 0.233 e.